The number of hydrogen-bond acceptors (Lipinski definition) is 3. The van der Waals surface area contributed by atoms with Gasteiger partial charge in [-0.1, -0.05) is 18.2 Å². The lowest BCUT2D eigenvalue weighted by Crippen LogP contribution is -2.41. The molecule has 26 heavy (non-hydrogen) atoms. The van der Waals surface area contributed by atoms with Crippen LogP contribution in [-0.2, 0) is 0 Å². The Kier molecular flexibility index (Phi) is 4.32. The number of aryl methyl sites for hydroxylation is 2. The molecule has 0 radical (unpaired) electrons. The molecule has 0 aliphatic carbocycles. The molecule has 1 saturated heterocycles. The van der Waals surface area contributed by atoms with Gasteiger partial charge in [-0.05, 0) is 51.0 Å². The summed E-state index contributed by atoms with van der Waals surface area (Å²) in [5.41, 5.74) is 3.61. The molecule has 1 atom stereocenters. The Hall–Kier alpha value is -2.89. The van der Waals surface area contributed by atoms with Crippen LogP contribution >= 0.6 is 0 Å². The minimum absolute atomic E-state index is 0.00841. The van der Waals surface area contributed by atoms with Crippen LogP contribution in [0.3, 0.4) is 0 Å². The van der Waals surface area contributed by atoms with Crippen molar-refractivity contribution in [1.29, 1.82) is 0 Å². The summed E-state index contributed by atoms with van der Waals surface area (Å²) in [6, 6.07) is 13.9. The number of nitrogens with zero attached hydrogens (tertiary/aromatic N) is 5. The molecule has 0 spiro atoms. The predicted octanol–water partition coefficient (Wildman–Crippen LogP) is 3.16. The van der Waals surface area contributed by atoms with Crippen molar-refractivity contribution >= 4 is 5.91 Å². The van der Waals surface area contributed by atoms with Gasteiger partial charge in [0.05, 0.1) is 17.4 Å². The van der Waals surface area contributed by atoms with E-state index in [4.69, 9.17) is 0 Å². The van der Waals surface area contributed by atoms with E-state index in [1.54, 1.807) is 10.7 Å². The van der Waals surface area contributed by atoms with E-state index in [1.165, 1.54) is 0 Å². The van der Waals surface area contributed by atoms with Crippen molar-refractivity contribution < 1.29 is 4.79 Å². The minimum atomic E-state index is -0.00841. The molecule has 2 aromatic heterocycles. The van der Waals surface area contributed by atoms with E-state index < -0.39 is 0 Å². The minimum Gasteiger partial charge on any atom is -0.335 e. The zero-order valence-electron chi connectivity index (χ0n) is 15.2. The van der Waals surface area contributed by atoms with Gasteiger partial charge in [-0.25, -0.2) is 4.68 Å². The zero-order valence-corrected chi connectivity index (χ0v) is 15.2. The van der Waals surface area contributed by atoms with Crippen LogP contribution in [0.15, 0.2) is 48.7 Å². The van der Waals surface area contributed by atoms with Gasteiger partial charge in [0.1, 0.15) is 0 Å². The van der Waals surface area contributed by atoms with Crippen molar-refractivity contribution in [1.82, 2.24) is 24.5 Å². The monoisotopic (exact) mass is 349 g/mol. The molecule has 0 saturated carbocycles. The van der Waals surface area contributed by atoms with Gasteiger partial charge in [0.2, 0.25) is 0 Å². The Morgan fingerprint density at radius 1 is 1.12 bits per heavy atom. The largest absolute Gasteiger partial charge is 0.335 e. The van der Waals surface area contributed by atoms with Crippen molar-refractivity contribution in [2.75, 3.05) is 13.1 Å². The maximum atomic E-state index is 12.9. The van der Waals surface area contributed by atoms with E-state index in [1.807, 2.05) is 48.4 Å². The third kappa shape index (κ3) is 3.14. The van der Waals surface area contributed by atoms with E-state index in [9.17, 15) is 4.79 Å². The fourth-order valence-corrected chi connectivity index (χ4v) is 3.68. The van der Waals surface area contributed by atoms with Crippen LogP contribution in [0, 0.1) is 13.8 Å². The average molecular weight is 349 g/mol. The second-order valence-corrected chi connectivity index (χ2v) is 6.90. The van der Waals surface area contributed by atoms with Gasteiger partial charge < -0.3 is 4.90 Å². The molecule has 134 valence electrons. The first-order valence-electron chi connectivity index (χ1n) is 9.05. The highest BCUT2D eigenvalue weighted by molar-refractivity contribution is 5.92. The molecule has 1 aromatic carbocycles. The summed E-state index contributed by atoms with van der Waals surface area (Å²) in [6.45, 7) is 5.53. The zero-order chi connectivity index (χ0) is 18.1. The maximum absolute atomic E-state index is 12.9. The summed E-state index contributed by atoms with van der Waals surface area (Å²) < 4.78 is 3.81. The highest BCUT2D eigenvalue weighted by Crippen LogP contribution is 2.24. The molecule has 0 bridgehead atoms. The van der Waals surface area contributed by atoms with Gasteiger partial charge in [-0.2, -0.15) is 10.2 Å². The number of rotatable bonds is 3. The lowest BCUT2D eigenvalue weighted by atomic mass is 10.1. The number of likely N-dealkylation sites (tertiary alicyclic amines) is 1. The Morgan fingerprint density at radius 3 is 2.65 bits per heavy atom. The molecule has 0 unspecified atom stereocenters. The van der Waals surface area contributed by atoms with E-state index in [0.717, 1.165) is 36.5 Å². The summed E-state index contributed by atoms with van der Waals surface area (Å²) in [4.78, 5) is 14.8. The van der Waals surface area contributed by atoms with Crippen LogP contribution in [0.4, 0.5) is 0 Å². The lowest BCUT2D eigenvalue weighted by Gasteiger charge is -2.33. The van der Waals surface area contributed by atoms with Crippen LogP contribution in [-0.4, -0.2) is 43.5 Å². The predicted molar refractivity (Wildman–Crippen MR) is 99.4 cm³/mol. The fraction of sp³-hybridized carbons (Fsp3) is 0.350. The quantitative estimate of drug-likeness (QED) is 0.730. The van der Waals surface area contributed by atoms with Crippen LogP contribution in [0.25, 0.3) is 5.69 Å². The molecule has 0 N–H and O–H groups in total. The topological polar surface area (TPSA) is 56.0 Å². The maximum Gasteiger partial charge on any atom is 0.274 e. The van der Waals surface area contributed by atoms with Crippen molar-refractivity contribution in [2.24, 2.45) is 0 Å². The number of para-hydroxylation sites is 1. The summed E-state index contributed by atoms with van der Waals surface area (Å²) in [5.74, 6) is -0.00841. The number of carbonyl (C=O) groups is 1. The molecule has 1 aliphatic heterocycles. The first-order valence-corrected chi connectivity index (χ1v) is 9.05. The molecule has 6 nitrogen and oxygen atoms in total. The highest BCUT2D eigenvalue weighted by atomic mass is 16.2. The van der Waals surface area contributed by atoms with Crippen LogP contribution in [0.2, 0.25) is 0 Å². The van der Waals surface area contributed by atoms with E-state index in [-0.39, 0.29) is 11.9 Å². The Labute approximate surface area is 153 Å². The third-order valence-electron chi connectivity index (χ3n) is 4.90. The second-order valence-electron chi connectivity index (χ2n) is 6.90. The van der Waals surface area contributed by atoms with E-state index in [2.05, 4.69) is 27.9 Å². The third-order valence-corrected chi connectivity index (χ3v) is 4.90. The molecule has 1 amide bonds. The number of benzene rings is 1. The lowest BCUT2D eigenvalue weighted by molar-refractivity contribution is 0.0665. The molecular weight excluding hydrogens is 326 g/mol. The molecule has 3 aromatic rings. The molecule has 6 heteroatoms. The van der Waals surface area contributed by atoms with Crippen molar-refractivity contribution in [2.45, 2.75) is 32.7 Å². The van der Waals surface area contributed by atoms with Gasteiger partial charge in [-0.3, -0.25) is 9.48 Å². The van der Waals surface area contributed by atoms with Gasteiger partial charge in [0.15, 0.2) is 5.69 Å². The number of aromatic nitrogens is 4. The Balaban J connectivity index is 1.51. The van der Waals surface area contributed by atoms with Crippen molar-refractivity contribution in [3.8, 4) is 5.69 Å². The average Bonchev–Trinajstić information content (AvgIpc) is 3.28. The SMILES string of the molecule is Cc1cc(C)n([C@H]2CCCN(C(=O)c3ccn(-c4ccccc4)n3)C2)n1. The van der Waals surface area contributed by atoms with Gasteiger partial charge >= 0.3 is 0 Å². The normalized spacial score (nSPS) is 17.5. The number of hydrogen-bond donors (Lipinski definition) is 0. The number of piperidine rings is 1. The van der Waals surface area contributed by atoms with Crippen molar-refractivity contribution in [3.63, 3.8) is 0 Å². The smallest absolute Gasteiger partial charge is 0.274 e. The van der Waals surface area contributed by atoms with Crippen molar-refractivity contribution in [3.05, 3.63) is 65.7 Å². The summed E-state index contributed by atoms with van der Waals surface area (Å²) >= 11 is 0. The van der Waals surface area contributed by atoms with Gasteiger partial charge in [-0.15, -0.1) is 0 Å². The second kappa shape index (κ2) is 6.78. The summed E-state index contributed by atoms with van der Waals surface area (Å²) in [5, 5.41) is 9.08. The first kappa shape index (κ1) is 16.6. The summed E-state index contributed by atoms with van der Waals surface area (Å²) in [7, 11) is 0. The Morgan fingerprint density at radius 2 is 1.92 bits per heavy atom. The van der Waals surface area contributed by atoms with Crippen LogP contribution < -0.4 is 0 Å². The molecule has 1 fully saturated rings. The van der Waals surface area contributed by atoms with E-state index >= 15 is 0 Å². The van der Waals surface area contributed by atoms with Gasteiger partial charge in [0.25, 0.3) is 5.91 Å². The number of amides is 1. The molecular formula is C20H23N5O. The fourth-order valence-electron chi connectivity index (χ4n) is 3.68. The highest BCUT2D eigenvalue weighted by Gasteiger charge is 2.27. The van der Waals surface area contributed by atoms with Crippen LogP contribution in [0.5, 0.6) is 0 Å². The Bertz CT molecular complexity index is 911. The van der Waals surface area contributed by atoms with E-state index in [0.29, 0.717) is 12.2 Å². The molecule has 1 aliphatic rings. The molecule has 3 heterocycles. The standard InChI is InChI=1S/C20H23N5O/c1-15-13-16(2)25(21-15)18-9-6-11-23(14-18)20(26)19-10-12-24(22-19)17-7-4-3-5-8-17/h3-5,7-8,10,12-13,18H,6,9,11,14H2,1-2H3/t18-/m0/s1. The molecule has 4 rings (SSSR count). The van der Waals surface area contributed by atoms with Crippen LogP contribution in [0.1, 0.15) is 40.8 Å². The number of carbonyl (C=O) groups excluding carboxylic acids is 1. The first-order chi connectivity index (χ1) is 12.6. The van der Waals surface area contributed by atoms with Gasteiger partial charge in [0, 0.05) is 25.0 Å². The summed E-state index contributed by atoms with van der Waals surface area (Å²) in [6.07, 6.45) is 3.86.